The molecule has 2 heterocycles. The van der Waals surface area contributed by atoms with E-state index in [2.05, 4.69) is 0 Å². The van der Waals surface area contributed by atoms with E-state index in [1.54, 1.807) is 0 Å². The molecule has 0 bridgehead atoms. The zero-order valence-electron chi connectivity index (χ0n) is 11.1. The molecule has 2 saturated heterocycles. The van der Waals surface area contributed by atoms with Crippen molar-refractivity contribution in [2.45, 2.75) is 50.9 Å². The third-order valence-electron chi connectivity index (χ3n) is 4.02. The molecule has 1 N–H and O–H groups in total. The third-order valence-corrected chi connectivity index (χ3v) is 4.02. The predicted molar refractivity (Wildman–Crippen MR) is 59.8 cm³/mol. The maximum absolute atomic E-state index is 13.0. The summed E-state index contributed by atoms with van der Waals surface area (Å²) in [5.74, 6) is -1.34. The maximum atomic E-state index is 13.0. The fourth-order valence-electron chi connectivity index (χ4n) is 2.27. The fraction of sp³-hybridized carbons (Fsp3) is 0.917. The first-order valence-electron chi connectivity index (χ1n) is 6.40. The molecule has 2 fully saturated rings. The lowest BCUT2D eigenvalue weighted by Gasteiger charge is -2.30. The van der Waals surface area contributed by atoms with Gasteiger partial charge in [0.1, 0.15) is 18.3 Å². The van der Waals surface area contributed by atoms with Gasteiger partial charge in [-0.1, -0.05) is 6.92 Å². The van der Waals surface area contributed by atoms with E-state index in [9.17, 15) is 23.1 Å². The molecule has 20 heavy (non-hydrogen) atoms. The Bertz CT molecular complexity index is 386. The molecular formula is C12H17F3O5. The van der Waals surface area contributed by atoms with Crippen molar-refractivity contribution in [3.63, 3.8) is 0 Å². The van der Waals surface area contributed by atoms with E-state index in [-0.39, 0.29) is 13.2 Å². The molecule has 2 aliphatic rings. The van der Waals surface area contributed by atoms with Gasteiger partial charge in [-0.2, -0.15) is 13.2 Å². The van der Waals surface area contributed by atoms with Crippen LogP contribution in [0.4, 0.5) is 13.2 Å². The molecular weight excluding hydrogens is 281 g/mol. The molecule has 0 spiro atoms. The van der Waals surface area contributed by atoms with Gasteiger partial charge in [-0.3, -0.25) is 4.79 Å². The molecule has 5 nitrogen and oxygen atoms in total. The highest BCUT2D eigenvalue weighted by Crippen LogP contribution is 2.42. The molecule has 0 radical (unpaired) electrons. The van der Waals surface area contributed by atoms with Crippen LogP contribution in [0.2, 0.25) is 0 Å². The van der Waals surface area contributed by atoms with Gasteiger partial charge in [-0.05, 0) is 13.3 Å². The third kappa shape index (κ3) is 2.40. The lowest BCUT2D eigenvalue weighted by atomic mass is 9.87. The number of esters is 1. The first kappa shape index (κ1) is 15.5. The molecule has 0 aromatic carbocycles. The normalized spacial score (nSPS) is 36.5. The largest absolute Gasteiger partial charge is 0.456 e. The Kier molecular flexibility index (Phi) is 4.01. The topological polar surface area (TPSA) is 65.0 Å². The minimum Gasteiger partial charge on any atom is -0.456 e. The van der Waals surface area contributed by atoms with Crippen LogP contribution < -0.4 is 0 Å². The molecule has 2 aliphatic heterocycles. The van der Waals surface area contributed by atoms with E-state index >= 15 is 0 Å². The van der Waals surface area contributed by atoms with Crippen molar-refractivity contribution < 1.29 is 37.3 Å². The zero-order valence-corrected chi connectivity index (χ0v) is 11.1. The van der Waals surface area contributed by atoms with Gasteiger partial charge in [-0.15, -0.1) is 0 Å². The summed E-state index contributed by atoms with van der Waals surface area (Å²) in [5, 5.41) is 9.52. The van der Waals surface area contributed by atoms with E-state index in [1.807, 2.05) is 0 Å². The second-order valence-electron chi connectivity index (χ2n) is 5.29. The summed E-state index contributed by atoms with van der Waals surface area (Å²) in [4.78, 5) is 11.9. The number of carbonyl (C=O) groups excluding carboxylic acids is 1. The maximum Gasteiger partial charge on any atom is 0.404 e. The first-order valence-corrected chi connectivity index (χ1v) is 6.40. The summed E-state index contributed by atoms with van der Waals surface area (Å²) >= 11 is 0. The minimum atomic E-state index is -4.69. The molecule has 0 aromatic rings. The van der Waals surface area contributed by atoms with Gasteiger partial charge >= 0.3 is 12.1 Å². The van der Waals surface area contributed by atoms with E-state index in [0.29, 0.717) is 0 Å². The minimum absolute atomic E-state index is 0.0215. The van der Waals surface area contributed by atoms with E-state index in [0.717, 1.165) is 6.92 Å². The van der Waals surface area contributed by atoms with Crippen molar-refractivity contribution in [2.75, 3.05) is 13.2 Å². The lowest BCUT2D eigenvalue weighted by molar-refractivity contribution is -0.234. The summed E-state index contributed by atoms with van der Waals surface area (Å²) in [6.45, 7) is 2.04. The van der Waals surface area contributed by atoms with Gasteiger partial charge in [0.15, 0.2) is 11.5 Å². The number of carbonyl (C=O) groups is 1. The Morgan fingerprint density at radius 3 is 2.45 bits per heavy atom. The quantitative estimate of drug-likeness (QED) is 0.789. The summed E-state index contributed by atoms with van der Waals surface area (Å²) < 4.78 is 54.2. The zero-order chi connectivity index (χ0) is 15.1. The highest BCUT2D eigenvalue weighted by Gasteiger charge is 2.58. The Morgan fingerprint density at radius 1 is 1.30 bits per heavy atom. The standard InChI is InChI=1S/C12H17F3O5/c1-3-11(2,12(13,14)15)10(17)20-7-5-19-8-6(16)4-18-9(7)8/h6-9,16H,3-5H2,1-2H3. The summed E-state index contributed by atoms with van der Waals surface area (Å²) in [6.07, 6.45) is -8.22. The van der Waals surface area contributed by atoms with E-state index in [1.165, 1.54) is 6.92 Å². The van der Waals surface area contributed by atoms with Gasteiger partial charge in [0.25, 0.3) is 0 Å². The molecule has 5 atom stereocenters. The number of hydrogen-bond acceptors (Lipinski definition) is 5. The molecule has 0 aromatic heterocycles. The van der Waals surface area contributed by atoms with E-state index in [4.69, 9.17) is 14.2 Å². The van der Waals surface area contributed by atoms with Gasteiger partial charge in [0, 0.05) is 0 Å². The van der Waals surface area contributed by atoms with Crippen molar-refractivity contribution in [1.29, 1.82) is 0 Å². The number of hydrogen-bond donors (Lipinski definition) is 1. The molecule has 0 saturated carbocycles. The van der Waals surface area contributed by atoms with Gasteiger partial charge < -0.3 is 19.3 Å². The van der Waals surface area contributed by atoms with Gasteiger partial charge in [0.2, 0.25) is 0 Å². The van der Waals surface area contributed by atoms with Crippen LogP contribution in [-0.4, -0.2) is 54.9 Å². The van der Waals surface area contributed by atoms with Crippen molar-refractivity contribution in [1.82, 2.24) is 0 Å². The van der Waals surface area contributed by atoms with E-state index < -0.39 is 48.4 Å². The van der Waals surface area contributed by atoms with Gasteiger partial charge in [-0.25, -0.2) is 0 Å². The Morgan fingerprint density at radius 2 is 1.90 bits per heavy atom. The van der Waals surface area contributed by atoms with Crippen LogP contribution in [0.15, 0.2) is 0 Å². The average Bonchev–Trinajstić information content (AvgIpc) is 2.91. The SMILES string of the molecule is CCC(C)(C(=O)OC1COC2C(O)COC12)C(F)(F)F. The van der Waals surface area contributed by atoms with Crippen LogP contribution in [0.25, 0.3) is 0 Å². The lowest BCUT2D eigenvalue weighted by Crippen LogP contribution is -2.46. The van der Waals surface area contributed by atoms with Crippen molar-refractivity contribution >= 4 is 5.97 Å². The highest BCUT2D eigenvalue weighted by atomic mass is 19.4. The first-order chi connectivity index (χ1) is 9.20. The van der Waals surface area contributed by atoms with Crippen molar-refractivity contribution in [3.8, 4) is 0 Å². The number of halogens is 3. The summed E-state index contributed by atoms with van der Waals surface area (Å²) in [5.41, 5.74) is -2.55. The van der Waals surface area contributed by atoms with Crippen LogP contribution in [0.3, 0.4) is 0 Å². The Hall–Kier alpha value is -0.860. The van der Waals surface area contributed by atoms with Crippen LogP contribution in [0, 0.1) is 5.41 Å². The van der Waals surface area contributed by atoms with Crippen LogP contribution in [0.1, 0.15) is 20.3 Å². The van der Waals surface area contributed by atoms with Crippen LogP contribution >= 0.6 is 0 Å². The van der Waals surface area contributed by atoms with Crippen LogP contribution in [-0.2, 0) is 19.0 Å². The summed E-state index contributed by atoms with van der Waals surface area (Å²) in [7, 11) is 0. The monoisotopic (exact) mass is 298 g/mol. The number of rotatable bonds is 3. The second kappa shape index (κ2) is 5.16. The molecule has 116 valence electrons. The molecule has 2 rings (SSSR count). The Labute approximate surface area is 114 Å². The fourth-order valence-corrected chi connectivity index (χ4v) is 2.27. The van der Waals surface area contributed by atoms with Crippen molar-refractivity contribution in [2.24, 2.45) is 5.41 Å². The smallest absolute Gasteiger partial charge is 0.404 e. The van der Waals surface area contributed by atoms with Crippen molar-refractivity contribution in [3.05, 3.63) is 0 Å². The summed E-state index contributed by atoms with van der Waals surface area (Å²) in [6, 6.07) is 0. The number of fused-ring (bicyclic) bond motifs is 1. The second-order valence-corrected chi connectivity index (χ2v) is 5.29. The van der Waals surface area contributed by atoms with Crippen LogP contribution in [0.5, 0.6) is 0 Å². The Balaban J connectivity index is 2.05. The number of aliphatic hydroxyl groups is 1. The molecule has 8 heteroatoms. The highest BCUT2D eigenvalue weighted by molar-refractivity contribution is 5.77. The number of alkyl halides is 3. The average molecular weight is 298 g/mol. The predicted octanol–water partition coefficient (Wildman–Crippen LogP) is 1.04. The molecule has 5 unspecified atom stereocenters. The molecule has 0 amide bonds. The molecule has 0 aliphatic carbocycles. The number of ether oxygens (including phenoxy) is 3. The number of aliphatic hydroxyl groups excluding tert-OH is 1. The van der Waals surface area contributed by atoms with Gasteiger partial charge in [0.05, 0.1) is 13.2 Å².